The number of hydrogen-bond acceptors (Lipinski definition) is 4. The maximum absolute atomic E-state index is 13.0. The Bertz CT molecular complexity index is 1160. The normalized spacial score (nSPS) is 15.1. The topological polar surface area (TPSA) is 87.7 Å². The van der Waals surface area contributed by atoms with Crippen molar-refractivity contribution in [1.82, 2.24) is 0 Å². The third kappa shape index (κ3) is 5.43. The van der Waals surface area contributed by atoms with Crippen molar-refractivity contribution >= 4 is 34.8 Å². The zero-order valence-corrected chi connectivity index (χ0v) is 19.0. The summed E-state index contributed by atoms with van der Waals surface area (Å²) in [5.41, 5.74) is 2.15. The fourth-order valence-electron chi connectivity index (χ4n) is 3.82. The molecule has 1 unspecified atom stereocenters. The summed E-state index contributed by atoms with van der Waals surface area (Å²) >= 11 is 0. The lowest BCUT2D eigenvalue weighted by atomic mass is 10.1. The second kappa shape index (κ2) is 10.7. The molecule has 3 aromatic rings. The van der Waals surface area contributed by atoms with E-state index in [-0.39, 0.29) is 30.7 Å². The van der Waals surface area contributed by atoms with Gasteiger partial charge in [0.1, 0.15) is 5.75 Å². The Morgan fingerprint density at radius 3 is 2.38 bits per heavy atom. The van der Waals surface area contributed by atoms with Crippen molar-refractivity contribution < 1.29 is 19.1 Å². The Hall–Kier alpha value is -4.13. The summed E-state index contributed by atoms with van der Waals surface area (Å²) < 4.78 is 5.59. The van der Waals surface area contributed by atoms with Crippen molar-refractivity contribution in [2.45, 2.75) is 19.8 Å². The van der Waals surface area contributed by atoms with E-state index in [4.69, 9.17) is 4.74 Å². The Morgan fingerprint density at radius 2 is 1.65 bits per heavy atom. The second-order valence-corrected chi connectivity index (χ2v) is 8.10. The molecule has 0 aromatic heterocycles. The van der Waals surface area contributed by atoms with E-state index >= 15 is 0 Å². The minimum absolute atomic E-state index is 0.109. The van der Waals surface area contributed by atoms with Crippen molar-refractivity contribution in [2.24, 2.45) is 5.92 Å². The van der Waals surface area contributed by atoms with E-state index in [0.29, 0.717) is 23.5 Å². The first-order valence-corrected chi connectivity index (χ1v) is 11.3. The molecule has 3 aromatic carbocycles. The molecule has 1 heterocycles. The fourth-order valence-corrected chi connectivity index (χ4v) is 3.82. The molecule has 7 nitrogen and oxygen atoms in total. The summed E-state index contributed by atoms with van der Waals surface area (Å²) in [7, 11) is 0. The van der Waals surface area contributed by atoms with Crippen LogP contribution in [0.2, 0.25) is 0 Å². The number of anilines is 3. The molecule has 1 atom stereocenters. The molecule has 174 valence electrons. The highest BCUT2D eigenvalue weighted by Crippen LogP contribution is 2.28. The van der Waals surface area contributed by atoms with Crippen molar-refractivity contribution in [3.8, 4) is 5.75 Å². The van der Waals surface area contributed by atoms with Crippen LogP contribution in [0, 0.1) is 5.92 Å². The number of nitrogens with zero attached hydrogens (tertiary/aromatic N) is 1. The van der Waals surface area contributed by atoms with Gasteiger partial charge in [0.05, 0.1) is 23.8 Å². The van der Waals surface area contributed by atoms with Gasteiger partial charge < -0.3 is 20.3 Å². The summed E-state index contributed by atoms with van der Waals surface area (Å²) in [4.78, 5) is 40.0. The third-order valence-corrected chi connectivity index (χ3v) is 5.58. The predicted octanol–water partition coefficient (Wildman–Crippen LogP) is 4.72. The lowest BCUT2D eigenvalue weighted by molar-refractivity contribution is -0.122. The van der Waals surface area contributed by atoms with Crippen molar-refractivity contribution in [2.75, 3.05) is 28.7 Å². The van der Waals surface area contributed by atoms with Crippen LogP contribution in [0.1, 0.15) is 30.1 Å². The molecule has 0 spiro atoms. The van der Waals surface area contributed by atoms with Gasteiger partial charge in [-0.2, -0.15) is 0 Å². The maximum Gasteiger partial charge on any atom is 0.257 e. The first-order chi connectivity index (χ1) is 16.5. The fraction of sp³-hybridized carbons (Fsp3) is 0.222. The monoisotopic (exact) mass is 457 g/mol. The number of carbonyl (C=O) groups excluding carboxylic acids is 3. The number of hydrogen-bond donors (Lipinski definition) is 2. The third-order valence-electron chi connectivity index (χ3n) is 5.58. The summed E-state index contributed by atoms with van der Waals surface area (Å²) in [6.45, 7) is 2.95. The molecule has 2 N–H and O–H groups in total. The summed E-state index contributed by atoms with van der Waals surface area (Å²) in [6.07, 6.45) is 1.03. The number of amides is 3. The quantitative estimate of drug-likeness (QED) is 0.512. The number of carbonyl (C=O) groups is 3. The summed E-state index contributed by atoms with van der Waals surface area (Å²) in [5.74, 6) is -0.501. The lowest BCUT2D eigenvalue weighted by Crippen LogP contribution is -2.28. The average molecular weight is 458 g/mol. The van der Waals surface area contributed by atoms with Crippen LogP contribution < -0.4 is 20.3 Å². The minimum atomic E-state index is -0.520. The van der Waals surface area contributed by atoms with Gasteiger partial charge in [0, 0.05) is 24.3 Å². The molecule has 0 aliphatic carbocycles. The molecule has 0 radical (unpaired) electrons. The van der Waals surface area contributed by atoms with Crippen LogP contribution in [-0.4, -0.2) is 30.9 Å². The van der Waals surface area contributed by atoms with Crippen molar-refractivity contribution in [3.63, 3.8) is 0 Å². The van der Waals surface area contributed by atoms with Gasteiger partial charge >= 0.3 is 0 Å². The molecular weight excluding hydrogens is 430 g/mol. The number of nitrogens with one attached hydrogen (secondary N) is 2. The Labute approximate surface area is 198 Å². The van der Waals surface area contributed by atoms with Gasteiger partial charge in [0.2, 0.25) is 11.8 Å². The summed E-state index contributed by atoms with van der Waals surface area (Å²) in [5, 5.41) is 5.68. The SMILES string of the molecule is CCCOc1ccc(N2CC(C(=O)Nc3ccccc3C(=O)Nc3ccccc3)CC2=O)cc1. The van der Waals surface area contributed by atoms with Gasteiger partial charge in [-0.05, 0) is 55.0 Å². The molecule has 1 fully saturated rings. The molecule has 7 heteroatoms. The molecule has 1 saturated heterocycles. The minimum Gasteiger partial charge on any atom is -0.494 e. The summed E-state index contributed by atoms with van der Waals surface area (Å²) in [6, 6.07) is 23.2. The van der Waals surface area contributed by atoms with Gasteiger partial charge in [-0.3, -0.25) is 14.4 Å². The highest BCUT2D eigenvalue weighted by molar-refractivity contribution is 6.11. The van der Waals surface area contributed by atoms with Crippen molar-refractivity contribution in [1.29, 1.82) is 0 Å². The molecule has 0 bridgehead atoms. The van der Waals surface area contributed by atoms with Crippen molar-refractivity contribution in [3.05, 3.63) is 84.4 Å². The van der Waals surface area contributed by atoms with Crippen LogP contribution in [0.3, 0.4) is 0 Å². The molecule has 34 heavy (non-hydrogen) atoms. The molecule has 1 aliphatic heterocycles. The first-order valence-electron chi connectivity index (χ1n) is 11.3. The highest BCUT2D eigenvalue weighted by atomic mass is 16.5. The molecule has 1 aliphatic rings. The average Bonchev–Trinajstić information content (AvgIpc) is 3.25. The van der Waals surface area contributed by atoms with Gasteiger partial charge in [0.15, 0.2) is 0 Å². The zero-order valence-electron chi connectivity index (χ0n) is 19.0. The van der Waals surface area contributed by atoms with Crippen LogP contribution in [0.5, 0.6) is 5.75 Å². The largest absolute Gasteiger partial charge is 0.494 e. The number of rotatable bonds is 8. The van der Waals surface area contributed by atoms with E-state index in [0.717, 1.165) is 17.9 Å². The van der Waals surface area contributed by atoms with E-state index in [2.05, 4.69) is 10.6 Å². The van der Waals surface area contributed by atoms with E-state index in [1.54, 1.807) is 41.3 Å². The Morgan fingerprint density at radius 1 is 0.941 bits per heavy atom. The van der Waals surface area contributed by atoms with Gasteiger partial charge in [-0.15, -0.1) is 0 Å². The van der Waals surface area contributed by atoms with Gasteiger partial charge in [0.25, 0.3) is 5.91 Å². The standard InChI is InChI=1S/C27H27N3O4/c1-2-16-34-22-14-12-21(13-15-22)30-18-19(17-25(30)31)26(32)29-24-11-7-6-10-23(24)27(33)28-20-8-4-3-5-9-20/h3-15,19H,2,16-18H2,1H3,(H,28,33)(H,29,32). The van der Waals surface area contributed by atoms with Gasteiger partial charge in [-0.1, -0.05) is 37.3 Å². The van der Waals surface area contributed by atoms with Gasteiger partial charge in [-0.25, -0.2) is 0 Å². The van der Waals surface area contributed by atoms with Crippen LogP contribution in [0.4, 0.5) is 17.1 Å². The van der Waals surface area contributed by atoms with E-state index < -0.39 is 5.92 Å². The zero-order chi connectivity index (χ0) is 23.9. The Balaban J connectivity index is 1.42. The number of ether oxygens (including phenoxy) is 1. The second-order valence-electron chi connectivity index (χ2n) is 8.10. The van der Waals surface area contributed by atoms with E-state index in [1.807, 2.05) is 49.4 Å². The van der Waals surface area contributed by atoms with E-state index in [9.17, 15) is 14.4 Å². The first kappa shape index (κ1) is 23.0. The van der Waals surface area contributed by atoms with Crippen LogP contribution in [-0.2, 0) is 9.59 Å². The Kier molecular flexibility index (Phi) is 7.22. The highest BCUT2D eigenvalue weighted by Gasteiger charge is 2.35. The van der Waals surface area contributed by atoms with E-state index in [1.165, 1.54) is 0 Å². The van der Waals surface area contributed by atoms with Crippen LogP contribution in [0.15, 0.2) is 78.9 Å². The molecular formula is C27H27N3O4. The predicted molar refractivity (Wildman–Crippen MR) is 132 cm³/mol. The van der Waals surface area contributed by atoms with Crippen LogP contribution >= 0.6 is 0 Å². The molecule has 0 saturated carbocycles. The maximum atomic E-state index is 13.0. The number of para-hydroxylation sites is 2. The lowest BCUT2D eigenvalue weighted by Gasteiger charge is -2.18. The smallest absolute Gasteiger partial charge is 0.257 e. The molecule has 3 amide bonds. The number of benzene rings is 3. The molecule has 4 rings (SSSR count). The van der Waals surface area contributed by atoms with Crippen LogP contribution in [0.25, 0.3) is 0 Å².